The number of carboxylic acids is 1. The maximum absolute atomic E-state index is 10.9. The number of hydrogen-bond acceptors (Lipinski definition) is 1. The third-order valence-electron chi connectivity index (χ3n) is 4.35. The molecule has 0 saturated carbocycles. The Balaban J connectivity index is 4.07. The second kappa shape index (κ2) is 7.70. The highest BCUT2D eigenvalue weighted by Crippen LogP contribution is 2.36. The van der Waals surface area contributed by atoms with Gasteiger partial charge in [0.25, 0.3) is 0 Å². The Morgan fingerprint density at radius 3 is 1.94 bits per heavy atom. The van der Waals surface area contributed by atoms with Gasteiger partial charge in [-0.3, -0.25) is 4.79 Å². The fraction of sp³-hybridized carbons (Fsp3) is 0.929. The number of rotatable bonds is 9. The van der Waals surface area contributed by atoms with Crippen molar-refractivity contribution < 1.29 is 9.90 Å². The van der Waals surface area contributed by atoms with Crippen molar-refractivity contribution in [1.29, 1.82) is 0 Å². The van der Waals surface area contributed by atoms with Crippen molar-refractivity contribution in [2.24, 2.45) is 11.3 Å². The van der Waals surface area contributed by atoms with Crippen LogP contribution in [-0.2, 0) is 4.79 Å². The van der Waals surface area contributed by atoms with Crippen LogP contribution in [0.4, 0.5) is 0 Å². The summed E-state index contributed by atoms with van der Waals surface area (Å²) >= 11 is 0. The molecule has 1 unspecified atom stereocenters. The lowest BCUT2D eigenvalue weighted by Gasteiger charge is -2.30. The molecule has 0 aliphatic rings. The van der Waals surface area contributed by atoms with Crippen molar-refractivity contribution in [1.82, 2.24) is 0 Å². The maximum atomic E-state index is 10.9. The Bertz CT molecular complexity index is 187. The molecular weight excluding hydrogens is 200 g/mol. The lowest BCUT2D eigenvalue weighted by molar-refractivity contribution is -0.142. The summed E-state index contributed by atoms with van der Waals surface area (Å²) in [5.74, 6) is -0.763. The monoisotopic (exact) mass is 228 g/mol. The maximum Gasteiger partial charge on any atom is 0.306 e. The van der Waals surface area contributed by atoms with Gasteiger partial charge >= 0.3 is 5.97 Å². The van der Waals surface area contributed by atoms with Gasteiger partial charge in [-0.25, -0.2) is 0 Å². The van der Waals surface area contributed by atoms with E-state index in [9.17, 15) is 4.79 Å². The SMILES string of the molecule is CCC(CCCC(CC)(CC)CC)C(=O)O. The first-order valence-electron chi connectivity index (χ1n) is 6.78. The summed E-state index contributed by atoms with van der Waals surface area (Å²) in [5, 5.41) is 8.97. The highest BCUT2D eigenvalue weighted by atomic mass is 16.4. The van der Waals surface area contributed by atoms with Gasteiger partial charge in [0.05, 0.1) is 5.92 Å². The predicted octanol–water partition coefficient (Wildman–Crippen LogP) is 4.48. The molecule has 1 atom stereocenters. The van der Waals surface area contributed by atoms with Crippen molar-refractivity contribution >= 4 is 5.97 Å². The molecule has 0 aromatic rings. The first kappa shape index (κ1) is 15.5. The number of aliphatic carboxylic acids is 1. The molecule has 0 heterocycles. The van der Waals surface area contributed by atoms with Gasteiger partial charge in [-0.15, -0.1) is 0 Å². The van der Waals surface area contributed by atoms with E-state index in [1.807, 2.05) is 6.92 Å². The van der Waals surface area contributed by atoms with Gasteiger partial charge < -0.3 is 5.11 Å². The number of carbonyl (C=O) groups is 1. The summed E-state index contributed by atoms with van der Waals surface area (Å²) < 4.78 is 0. The molecule has 0 aromatic heterocycles. The topological polar surface area (TPSA) is 37.3 Å². The van der Waals surface area contributed by atoms with Crippen LogP contribution < -0.4 is 0 Å². The van der Waals surface area contributed by atoms with Gasteiger partial charge in [-0.1, -0.05) is 53.4 Å². The third-order valence-corrected chi connectivity index (χ3v) is 4.35. The molecule has 0 fully saturated rings. The van der Waals surface area contributed by atoms with Crippen molar-refractivity contribution in [3.63, 3.8) is 0 Å². The Kier molecular flexibility index (Phi) is 7.44. The molecule has 2 heteroatoms. The van der Waals surface area contributed by atoms with E-state index in [0.717, 1.165) is 19.3 Å². The lowest BCUT2D eigenvalue weighted by Crippen LogP contribution is -2.19. The first-order chi connectivity index (χ1) is 7.55. The smallest absolute Gasteiger partial charge is 0.306 e. The largest absolute Gasteiger partial charge is 0.481 e. The van der Waals surface area contributed by atoms with Crippen LogP contribution >= 0.6 is 0 Å². The Morgan fingerprint density at radius 1 is 1.12 bits per heavy atom. The molecule has 1 N–H and O–H groups in total. The minimum absolute atomic E-state index is 0.136. The van der Waals surface area contributed by atoms with Gasteiger partial charge in [-0.05, 0) is 24.7 Å². The Morgan fingerprint density at radius 2 is 1.62 bits per heavy atom. The molecular formula is C14H28O2. The minimum Gasteiger partial charge on any atom is -0.481 e. The van der Waals surface area contributed by atoms with Gasteiger partial charge in [0.2, 0.25) is 0 Å². The summed E-state index contributed by atoms with van der Waals surface area (Å²) in [6, 6.07) is 0. The molecule has 0 amide bonds. The molecule has 0 aromatic carbocycles. The molecule has 0 saturated heterocycles. The molecule has 2 nitrogen and oxygen atoms in total. The standard InChI is InChI=1S/C14H28O2/c1-5-12(13(15)16)10-9-11-14(6-2,7-3)8-4/h12H,5-11H2,1-4H3,(H,15,16). The van der Waals surface area contributed by atoms with E-state index in [-0.39, 0.29) is 5.92 Å². The number of hydrogen-bond donors (Lipinski definition) is 1. The van der Waals surface area contributed by atoms with E-state index in [0.29, 0.717) is 5.41 Å². The molecule has 0 bridgehead atoms. The van der Waals surface area contributed by atoms with Crippen LogP contribution in [-0.4, -0.2) is 11.1 Å². The summed E-state index contributed by atoms with van der Waals surface area (Å²) in [6.45, 7) is 8.72. The molecule has 0 rings (SSSR count). The van der Waals surface area contributed by atoms with Crippen LogP contribution in [0.1, 0.15) is 72.6 Å². The molecule has 0 radical (unpaired) electrons. The quantitative estimate of drug-likeness (QED) is 0.631. The second-order valence-corrected chi connectivity index (χ2v) is 4.90. The van der Waals surface area contributed by atoms with E-state index in [1.54, 1.807) is 0 Å². The van der Waals surface area contributed by atoms with Crippen LogP contribution in [0.2, 0.25) is 0 Å². The van der Waals surface area contributed by atoms with Gasteiger partial charge in [0.15, 0.2) is 0 Å². The molecule has 0 aliphatic heterocycles. The Hall–Kier alpha value is -0.530. The predicted molar refractivity (Wildman–Crippen MR) is 68.6 cm³/mol. The van der Waals surface area contributed by atoms with Crippen LogP contribution in [0.25, 0.3) is 0 Å². The molecule has 0 spiro atoms. The highest BCUT2D eigenvalue weighted by molar-refractivity contribution is 5.69. The molecule has 96 valence electrons. The number of carboxylic acid groups (broad SMARTS) is 1. The summed E-state index contributed by atoms with van der Waals surface area (Å²) in [5.41, 5.74) is 0.455. The van der Waals surface area contributed by atoms with Crippen molar-refractivity contribution in [2.45, 2.75) is 72.6 Å². The Labute approximate surface area is 100 Å². The summed E-state index contributed by atoms with van der Waals surface area (Å²) in [4.78, 5) is 10.9. The van der Waals surface area contributed by atoms with Crippen molar-refractivity contribution in [2.75, 3.05) is 0 Å². The normalized spacial score (nSPS) is 13.8. The van der Waals surface area contributed by atoms with Gasteiger partial charge in [-0.2, -0.15) is 0 Å². The second-order valence-electron chi connectivity index (χ2n) is 4.90. The van der Waals surface area contributed by atoms with Gasteiger partial charge in [0, 0.05) is 0 Å². The summed E-state index contributed by atoms with van der Waals surface area (Å²) in [6.07, 6.45) is 7.47. The van der Waals surface area contributed by atoms with E-state index in [4.69, 9.17) is 5.11 Å². The van der Waals surface area contributed by atoms with Gasteiger partial charge in [0.1, 0.15) is 0 Å². The van der Waals surface area contributed by atoms with Crippen LogP contribution in [0.3, 0.4) is 0 Å². The molecule has 16 heavy (non-hydrogen) atoms. The lowest BCUT2D eigenvalue weighted by atomic mass is 9.75. The highest BCUT2D eigenvalue weighted by Gasteiger charge is 2.24. The zero-order valence-electron chi connectivity index (χ0n) is 11.4. The fourth-order valence-corrected chi connectivity index (χ4v) is 2.51. The average molecular weight is 228 g/mol. The van der Waals surface area contributed by atoms with E-state index < -0.39 is 5.97 Å². The van der Waals surface area contributed by atoms with Crippen LogP contribution in [0, 0.1) is 11.3 Å². The fourth-order valence-electron chi connectivity index (χ4n) is 2.51. The van der Waals surface area contributed by atoms with Crippen molar-refractivity contribution in [3.8, 4) is 0 Å². The average Bonchev–Trinajstić information content (AvgIpc) is 2.30. The first-order valence-corrected chi connectivity index (χ1v) is 6.78. The van der Waals surface area contributed by atoms with E-state index in [1.165, 1.54) is 25.7 Å². The van der Waals surface area contributed by atoms with E-state index >= 15 is 0 Å². The zero-order chi connectivity index (χ0) is 12.6. The van der Waals surface area contributed by atoms with Crippen molar-refractivity contribution in [3.05, 3.63) is 0 Å². The van der Waals surface area contributed by atoms with E-state index in [2.05, 4.69) is 20.8 Å². The summed E-state index contributed by atoms with van der Waals surface area (Å²) in [7, 11) is 0. The zero-order valence-corrected chi connectivity index (χ0v) is 11.4. The minimum atomic E-state index is -0.627. The third kappa shape index (κ3) is 4.54. The molecule has 0 aliphatic carbocycles. The van der Waals surface area contributed by atoms with Crippen LogP contribution in [0.15, 0.2) is 0 Å². The van der Waals surface area contributed by atoms with Crippen LogP contribution in [0.5, 0.6) is 0 Å².